The quantitative estimate of drug-likeness (QED) is 0.218. The Labute approximate surface area is 205 Å². The molecule has 0 N–H and O–H groups in total. The topological polar surface area (TPSA) is 23.8 Å². The van der Waals surface area contributed by atoms with E-state index in [0.717, 1.165) is 30.1 Å². The Bertz CT molecular complexity index is 693. The SMILES string of the molecule is CCCCCc1ccc(C2CCC(CCCCC3CCC(CCC=CC#N)CC3)CC2)cc1. The van der Waals surface area contributed by atoms with Gasteiger partial charge in [0, 0.05) is 6.08 Å². The van der Waals surface area contributed by atoms with Crippen molar-refractivity contribution < 1.29 is 0 Å². The largest absolute Gasteiger partial charge is 0.193 e. The molecule has 182 valence electrons. The van der Waals surface area contributed by atoms with Crippen LogP contribution >= 0.6 is 0 Å². The number of hydrogen-bond donors (Lipinski definition) is 0. The lowest BCUT2D eigenvalue weighted by atomic mass is 9.76. The van der Waals surface area contributed by atoms with Crippen LogP contribution in [0, 0.1) is 29.1 Å². The van der Waals surface area contributed by atoms with Gasteiger partial charge in [0.25, 0.3) is 0 Å². The first-order chi connectivity index (χ1) is 16.3. The van der Waals surface area contributed by atoms with Gasteiger partial charge < -0.3 is 0 Å². The highest BCUT2D eigenvalue weighted by Crippen LogP contribution is 2.39. The second kappa shape index (κ2) is 15.4. The van der Waals surface area contributed by atoms with Gasteiger partial charge in [0.2, 0.25) is 0 Å². The number of aryl methyl sites for hydroxylation is 1. The average molecular weight is 448 g/mol. The molecule has 33 heavy (non-hydrogen) atoms. The Hall–Kier alpha value is -1.55. The van der Waals surface area contributed by atoms with Gasteiger partial charge in [0.15, 0.2) is 0 Å². The zero-order valence-electron chi connectivity index (χ0n) is 21.4. The lowest BCUT2D eigenvalue weighted by molar-refractivity contribution is 0.244. The summed E-state index contributed by atoms with van der Waals surface area (Å²) in [6.45, 7) is 2.28. The van der Waals surface area contributed by atoms with Gasteiger partial charge in [-0.05, 0) is 86.2 Å². The van der Waals surface area contributed by atoms with Gasteiger partial charge in [-0.25, -0.2) is 0 Å². The zero-order valence-corrected chi connectivity index (χ0v) is 21.4. The molecule has 1 nitrogen and oxygen atoms in total. The van der Waals surface area contributed by atoms with Gasteiger partial charge in [-0.3, -0.25) is 0 Å². The molecule has 2 saturated carbocycles. The highest BCUT2D eigenvalue weighted by atomic mass is 14.3. The number of unbranched alkanes of at least 4 members (excludes halogenated alkanes) is 3. The first-order valence-corrected chi connectivity index (χ1v) is 14.4. The van der Waals surface area contributed by atoms with E-state index in [0.29, 0.717) is 0 Å². The molecule has 2 aliphatic carbocycles. The smallest absolute Gasteiger partial charge is 0.0908 e. The van der Waals surface area contributed by atoms with Crippen LogP contribution in [0.1, 0.15) is 133 Å². The molecule has 0 aliphatic heterocycles. The summed E-state index contributed by atoms with van der Waals surface area (Å²) in [6.07, 6.45) is 28.7. The highest BCUT2D eigenvalue weighted by Gasteiger charge is 2.23. The van der Waals surface area contributed by atoms with Crippen molar-refractivity contribution >= 4 is 0 Å². The summed E-state index contributed by atoms with van der Waals surface area (Å²) >= 11 is 0. The summed E-state index contributed by atoms with van der Waals surface area (Å²) in [5, 5.41) is 8.58. The van der Waals surface area contributed by atoms with Crippen molar-refractivity contribution in [2.24, 2.45) is 17.8 Å². The minimum atomic E-state index is 0.816. The summed E-state index contributed by atoms with van der Waals surface area (Å²) in [4.78, 5) is 0. The van der Waals surface area contributed by atoms with E-state index in [1.165, 1.54) is 115 Å². The Morgan fingerprint density at radius 1 is 0.758 bits per heavy atom. The average Bonchev–Trinajstić information content (AvgIpc) is 2.86. The molecule has 0 amide bonds. The van der Waals surface area contributed by atoms with Gasteiger partial charge in [-0.1, -0.05) is 101 Å². The number of nitriles is 1. The summed E-state index contributed by atoms with van der Waals surface area (Å²) in [7, 11) is 0. The van der Waals surface area contributed by atoms with E-state index in [2.05, 4.69) is 37.3 Å². The number of nitrogens with zero attached hydrogens (tertiary/aromatic N) is 1. The van der Waals surface area contributed by atoms with Crippen LogP contribution in [0.25, 0.3) is 0 Å². The van der Waals surface area contributed by atoms with Crippen LogP contribution < -0.4 is 0 Å². The molecule has 0 bridgehead atoms. The summed E-state index contributed by atoms with van der Waals surface area (Å²) in [6, 6.07) is 11.8. The molecule has 2 aliphatic rings. The molecule has 1 aromatic carbocycles. The molecule has 3 rings (SSSR count). The molecule has 0 spiro atoms. The van der Waals surface area contributed by atoms with Crippen LogP contribution in [-0.2, 0) is 6.42 Å². The van der Waals surface area contributed by atoms with E-state index in [1.54, 1.807) is 11.6 Å². The van der Waals surface area contributed by atoms with Crippen LogP contribution in [-0.4, -0.2) is 0 Å². The van der Waals surface area contributed by atoms with Gasteiger partial charge in [0.1, 0.15) is 0 Å². The normalized spacial score (nSPS) is 25.8. The maximum absolute atomic E-state index is 8.58. The third-order valence-corrected chi connectivity index (χ3v) is 8.74. The fourth-order valence-corrected chi connectivity index (χ4v) is 6.46. The standard InChI is InChI=1S/C32H49N/c1-2-3-5-10-29-18-22-31(23-19-29)32-24-20-30(21-25-32)13-8-7-12-28-16-14-27(15-17-28)11-6-4-9-26-33/h4,9,18-19,22-23,27-28,30,32H,2-3,5-8,10-17,20-21,24-25H2,1H3. The fourth-order valence-electron chi connectivity index (χ4n) is 6.46. The molecule has 0 atom stereocenters. The second-order valence-electron chi connectivity index (χ2n) is 11.2. The van der Waals surface area contributed by atoms with Crippen molar-refractivity contribution in [3.8, 4) is 6.07 Å². The van der Waals surface area contributed by atoms with Crippen LogP contribution in [0.3, 0.4) is 0 Å². The number of benzene rings is 1. The molecule has 1 aromatic rings. The van der Waals surface area contributed by atoms with E-state index in [9.17, 15) is 0 Å². The van der Waals surface area contributed by atoms with Gasteiger partial charge in [0.05, 0.1) is 6.07 Å². The fraction of sp³-hybridized carbons (Fsp3) is 0.719. The number of rotatable bonds is 13. The molecular weight excluding hydrogens is 398 g/mol. The summed E-state index contributed by atoms with van der Waals surface area (Å²) in [5.74, 6) is 3.72. The Kier molecular flexibility index (Phi) is 12.1. The molecule has 0 radical (unpaired) electrons. The molecule has 0 heterocycles. The van der Waals surface area contributed by atoms with Crippen LogP contribution in [0.5, 0.6) is 0 Å². The lowest BCUT2D eigenvalue weighted by Gasteiger charge is -2.30. The minimum absolute atomic E-state index is 0.816. The third-order valence-electron chi connectivity index (χ3n) is 8.74. The predicted octanol–water partition coefficient (Wildman–Crippen LogP) is 9.92. The second-order valence-corrected chi connectivity index (χ2v) is 11.2. The van der Waals surface area contributed by atoms with E-state index >= 15 is 0 Å². The lowest BCUT2D eigenvalue weighted by Crippen LogP contribution is -2.15. The molecular formula is C32H49N. The van der Waals surface area contributed by atoms with Crippen LogP contribution in [0.4, 0.5) is 0 Å². The Morgan fingerprint density at radius 2 is 1.33 bits per heavy atom. The Morgan fingerprint density at radius 3 is 1.91 bits per heavy atom. The van der Waals surface area contributed by atoms with E-state index in [4.69, 9.17) is 5.26 Å². The van der Waals surface area contributed by atoms with Gasteiger partial charge in [-0.15, -0.1) is 0 Å². The van der Waals surface area contributed by atoms with Gasteiger partial charge >= 0.3 is 0 Å². The molecule has 2 fully saturated rings. The highest BCUT2D eigenvalue weighted by molar-refractivity contribution is 5.26. The predicted molar refractivity (Wildman–Crippen MR) is 142 cm³/mol. The number of hydrogen-bond acceptors (Lipinski definition) is 1. The van der Waals surface area contributed by atoms with Crippen molar-refractivity contribution in [1.29, 1.82) is 5.26 Å². The van der Waals surface area contributed by atoms with Crippen LogP contribution in [0.2, 0.25) is 0 Å². The molecule has 1 heteroatoms. The van der Waals surface area contributed by atoms with Crippen LogP contribution in [0.15, 0.2) is 36.4 Å². The van der Waals surface area contributed by atoms with Crippen molar-refractivity contribution in [2.45, 2.75) is 128 Å². The monoisotopic (exact) mass is 447 g/mol. The maximum atomic E-state index is 8.58. The first-order valence-electron chi connectivity index (χ1n) is 14.4. The molecule has 0 unspecified atom stereocenters. The van der Waals surface area contributed by atoms with Gasteiger partial charge in [-0.2, -0.15) is 5.26 Å². The number of allylic oxidation sites excluding steroid dienone is 2. The van der Waals surface area contributed by atoms with E-state index < -0.39 is 0 Å². The summed E-state index contributed by atoms with van der Waals surface area (Å²) < 4.78 is 0. The third kappa shape index (κ3) is 9.68. The van der Waals surface area contributed by atoms with E-state index in [1.807, 2.05) is 6.08 Å². The van der Waals surface area contributed by atoms with Crippen molar-refractivity contribution in [3.63, 3.8) is 0 Å². The Balaban J connectivity index is 1.23. The first kappa shape index (κ1) is 26.1. The van der Waals surface area contributed by atoms with Crippen molar-refractivity contribution in [1.82, 2.24) is 0 Å². The molecule has 0 saturated heterocycles. The minimum Gasteiger partial charge on any atom is -0.193 e. The van der Waals surface area contributed by atoms with E-state index in [-0.39, 0.29) is 0 Å². The molecule has 0 aromatic heterocycles. The van der Waals surface area contributed by atoms with Crippen molar-refractivity contribution in [3.05, 3.63) is 47.5 Å². The summed E-state index contributed by atoms with van der Waals surface area (Å²) in [5.41, 5.74) is 3.13. The van der Waals surface area contributed by atoms with Crippen molar-refractivity contribution in [2.75, 3.05) is 0 Å². The maximum Gasteiger partial charge on any atom is 0.0908 e. The zero-order chi connectivity index (χ0) is 23.1.